The molecule has 1 aliphatic rings. The molecule has 1 rings (SSSR count). The first-order chi connectivity index (χ1) is 8.20. The van der Waals surface area contributed by atoms with Gasteiger partial charge in [-0.15, -0.1) is 0 Å². The van der Waals surface area contributed by atoms with Crippen molar-refractivity contribution in [2.45, 2.75) is 26.7 Å². The van der Waals surface area contributed by atoms with Crippen LogP contribution in [0.5, 0.6) is 0 Å². The van der Waals surface area contributed by atoms with Crippen LogP contribution in [-0.2, 0) is 0 Å². The molecule has 0 radical (unpaired) electrons. The van der Waals surface area contributed by atoms with Crippen molar-refractivity contribution in [1.29, 1.82) is 0 Å². The van der Waals surface area contributed by atoms with Crippen molar-refractivity contribution >= 4 is 0 Å². The summed E-state index contributed by atoms with van der Waals surface area (Å²) in [6, 6.07) is 0. The molecule has 0 N–H and O–H groups in total. The van der Waals surface area contributed by atoms with Crippen molar-refractivity contribution in [2.75, 3.05) is 0 Å². The molecule has 0 nitrogen and oxygen atoms in total. The molecule has 1 aliphatic carbocycles. The molecule has 0 heteroatoms. The van der Waals surface area contributed by atoms with Gasteiger partial charge in [-0.05, 0) is 37.8 Å². The van der Waals surface area contributed by atoms with Crippen LogP contribution in [0.15, 0.2) is 72.4 Å². The topological polar surface area (TPSA) is 0 Å². The van der Waals surface area contributed by atoms with Gasteiger partial charge in [0.05, 0.1) is 0 Å². The van der Waals surface area contributed by atoms with Crippen LogP contribution >= 0.6 is 0 Å². The van der Waals surface area contributed by atoms with Gasteiger partial charge in [0.1, 0.15) is 0 Å². The van der Waals surface area contributed by atoms with Crippen LogP contribution < -0.4 is 0 Å². The van der Waals surface area contributed by atoms with Crippen molar-refractivity contribution in [2.24, 2.45) is 5.92 Å². The fourth-order valence-corrected chi connectivity index (χ4v) is 2.19. The van der Waals surface area contributed by atoms with E-state index in [2.05, 4.69) is 56.5 Å². The molecule has 0 aromatic heterocycles. The van der Waals surface area contributed by atoms with Gasteiger partial charge in [0.15, 0.2) is 0 Å². The molecule has 90 valence electrons. The Balaban J connectivity index is 3.11. The van der Waals surface area contributed by atoms with Gasteiger partial charge in [0, 0.05) is 5.92 Å². The first-order valence-electron chi connectivity index (χ1n) is 6.18. The molecule has 17 heavy (non-hydrogen) atoms. The molecule has 1 unspecified atom stereocenters. The molecule has 0 aromatic rings. The first-order valence-corrected chi connectivity index (χ1v) is 6.18. The van der Waals surface area contributed by atoms with Crippen molar-refractivity contribution in [3.05, 3.63) is 72.4 Å². The average molecular weight is 226 g/mol. The van der Waals surface area contributed by atoms with Crippen LogP contribution in [0.2, 0.25) is 0 Å². The third-order valence-electron chi connectivity index (χ3n) is 2.85. The second-order valence-electron chi connectivity index (χ2n) is 4.37. The van der Waals surface area contributed by atoms with Gasteiger partial charge >= 0.3 is 0 Å². The zero-order chi connectivity index (χ0) is 12.7. The normalized spacial score (nSPS) is 18.0. The lowest BCUT2D eigenvalue weighted by atomic mass is 9.83. The highest BCUT2D eigenvalue weighted by molar-refractivity contribution is 5.43. The smallest absolute Gasteiger partial charge is 0.0290 e. The van der Waals surface area contributed by atoms with Gasteiger partial charge < -0.3 is 0 Å². The lowest BCUT2D eigenvalue weighted by Gasteiger charge is -2.22. The molecule has 0 amide bonds. The molecular formula is C17H22. The fourth-order valence-electron chi connectivity index (χ4n) is 2.19. The summed E-state index contributed by atoms with van der Waals surface area (Å²) in [5.74, 6) is 0.292. The molecule has 1 atom stereocenters. The average Bonchev–Trinajstić information content (AvgIpc) is 2.31. The molecule has 0 aliphatic heterocycles. The van der Waals surface area contributed by atoms with E-state index in [0.717, 1.165) is 12.8 Å². The third-order valence-corrected chi connectivity index (χ3v) is 2.85. The Morgan fingerprint density at radius 2 is 2.18 bits per heavy atom. The highest BCUT2D eigenvalue weighted by Crippen LogP contribution is 2.31. The summed E-state index contributed by atoms with van der Waals surface area (Å²) in [6.07, 6.45) is 17.2. The van der Waals surface area contributed by atoms with E-state index >= 15 is 0 Å². The van der Waals surface area contributed by atoms with Crippen molar-refractivity contribution in [3.63, 3.8) is 0 Å². The quantitative estimate of drug-likeness (QED) is 0.449. The van der Waals surface area contributed by atoms with E-state index in [4.69, 9.17) is 0 Å². The van der Waals surface area contributed by atoms with E-state index in [-0.39, 0.29) is 0 Å². The predicted octanol–water partition coefficient (Wildman–Crippen LogP) is 5.14. The summed E-state index contributed by atoms with van der Waals surface area (Å²) in [4.78, 5) is 0. The van der Waals surface area contributed by atoms with E-state index in [1.54, 1.807) is 0 Å². The van der Waals surface area contributed by atoms with Crippen molar-refractivity contribution in [3.8, 4) is 0 Å². The van der Waals surface area contributed by atoms with E-state index in [1.807, 2.05) is 13.0 Å². The number of rotatable bonds is 5. The lowest BCUT2D eigenvalue weighted by Crippen LogP contribution is -2.08. The van der Waals surface area contributed by atoms with Crippen LogP contribution in [0.3, 0.4) is 0 Å². The zero-order valence-electron chi connectivity index (χ0n) is 10.9. The maximum absolute atomic E-state index is 4.13. The molecule has 0 bridgehead atoms. The molecule has 0 heterocycles. The Kier molecular flexibility index (Phi) is 5.48. The minimum Gasteiger partial charge on any atom is -0.0992 e. The van der Waals surface area contributed by atoms with Gasteiger partial charge in [-0.3, -0.25) is 0 Å². The largest absolute Gasteiger partial charge is 0.0992 e. The highest BCUT2D eigenvalue weighted by Gasteiger charge is 2.17. The van der Waals surface area contributed by atoms with Gasteiger partial charge in [0.25, 0.3) is 0 Å². The maximum Gasteiger partial charge on any atom is 0.0290 e. The Morgan fingerprint density at radius 1 is 1.41 bits per heavy atom. The summed E-state index contributed by atoms with van der Waals surface area (Å²) in [6.45, 7) is 12.1. The Bertz CT molecular complexity index is 400. The first kappa shape index (κ1) is 13.5. The van der Waals surface area contributed by atoms with E-state index in [9.17, 15) is 0 Å². The second-order valence-corrected chi connectivity index (χ2v) is 4.37. The number of hydrogen-bond acceptors (Lipinski definition) is 0. The molecule has 0 saturated heterocycles. The Hall–Kier alpha value is -1.56. The predicted molar refractivity (Wildman–Crippen MR) is 77.9 cm³/mol. The summed E-state index contributed by atoms with van der Waals surface area (Å²) >= 11 is 0. The Labute approximate surface area is 105 Å². The van der Waals surface area contributed by atoms with E-state index in [1.165, 1.54) is 16.7 Å². The van der Waals surface area contributed by atoms with Gasteiger partial charge in [-0.2, -0.15) is 0 Å². The SMILES string of the molecule is C=C/C=C(\C=C/C)C(C(=C)C)C1=CCCC=C1. The highest BCUT2D eigenvalue weighted by atomic mass is 14.2. The maximum atomic E-state index is 4.13. The summed E-state index contributed by atoms with van der Waals surface area (Å²) < 4.78 is 0. The van der Waals surface area contributed by atoms with Crippen LogP contribution in [-0.4, -0.2) is 0 Å². The summed E-state index contributed by atoms with van der Waals surface area (Å²) in [5, 5.41) is 0. The fraction of sp³-hybridized carbons (Fsp3) is 0.294. The third kappa shape index (κ3) is 3.74. The Morgan fingerprint density at radius 3 is 2.65 bits per heavy atom. The van der Waals surface area contributed by atoms with Crippen molar-refractivity contribution in [1.82, 2.24) is 0 Å². The van der Waals surface area contributed by atoms with Crippen LogP contribution in [0, 0.1) is 5.92 Å². The van der Waals surface area contributed by atoms with Gasteiger partial charge in [-0.25, -0.2) is 0 Å². The molecule has 0 aromatic carbocycles. The molecule has 0 saturated carbocycles. The van der Waals surface area contributed by atoms with Crippen molar-refractivity contribution < 1.29 is 0 Å². The minimum absolute atomic E-state index is 0.292. The standard InChI is InChI=1S/C17H22/c1-5-10-15(11-6-2)17(14(3)4)16-12-8-7-9-13-16/h5-6,8,10-13,17H,1,3,7,9H2,2,4H3/b11-6-,15-10+. The van der Waals surface area contributed by atoms with Crippen LogP contribution in [0.4, 0.5) is 0 Å². The molecule has 0 fully saturated rings. The lowest BCUT2D eigenvalue weighted by molar-refractivity contribution is 0.852. The number of hydrogen-bond donors (Lipinski definition) is 0. The monoisotopic (exact) mass is 226 g/mol. The van der Waals surface area contributed by atoms with Gasteiger partial charge in [0.2, 0.25) is 0 Å². The van der Waals surface area contributed by atoms with Crippen LogP contribution in [0.25, 0.3) is 0 Å². The molecule has 0 spiro atoms. The van der Waals surface area contributed by atoms with Gasteiger partial charge in [-0.1, -0.05) is 61.3 Å². The van der Waals surface area contributed by atoms with E-state index < -0.39 is 0 Å². The number of allylic oxidation sites excluding steroid dienone is 10. The zero-order valence-corrected chi connectivity index (χ0v) is 10.9. The second kappa shape index (κ2) is 6.90. The minimum atomic E-state index is 0.292. The summed E-state index contributed by atoms with van der Waals surface area (Å²) in [5.41, 5.74) is 3.79. The van der Waals surface area contributed by atoms with Crippen LogP contribution in [0.1, 0.15) is 26.7 Å². The molecular weight excluding hydrogens is 204 g/mol. The van der Waals surface area contributed by atoms with E-state index in [0.29, 0.717) is 5.92 Å². The summed E-state index contributed by atoms with van der Waals surface area (Å²) in [7, 11) is 0.